The highest BCUT2D eigenvalue weighted by Gasteiger charge is 2.13. The summed E-state index contributed by atoms with van der Waals surface area (Å²) < 4.78 is 7.61. The van der Waals surface area contributed by atoms with Crippen LogP contribution in [0, 0.1) is 13.8 Å². The number of likely N-dealkylation sites (N-methyl/N-ethyl adjacent to an activating group) is 1. The van der Waals surface area contributed by atoms with E-state index in [-0.39, 0.29) is 12.1 Å². The van der Waals surface area contributed by atoms with Crippen LogP contribution in [-0.4, -0.2) is 27.9 Å². The van der Waals surface area contributed by atoms with Gasteiger partial charge in [0.2, 0.25) is 0 Å². The third kappa shape index (κ3) is 4.04. The predicted octanol–water partition coefficient (Wildman–Crippen LogP) is 2.64. The molecule has 0 saturated heterocycles. The van der Waals surface area contributed by atoms with Gasteiger partial charge in [-0.1, -0.05) is 12.1 Å². The Balaban J connectivity index is 2.12. The van der Waals surface area contributed by atoms with Gasteiger partial charge in [-0.25, -0.2) is 9.67 Å². The largest absolute Gasteiger partial charge is 0.491 e. The van der Waals surface area contributed by atoms with E-state index in [0.29, 0.717) is 0 Å². The Morgan fingerprint density at radius 2 is 1.86 bits per heavy atom. The minimum Gasteiger partial charge on any atom is -0.491 e. The Hall–Kier alpha value is -1.88. The van der Waals surface area contributed by atoms with E-state index in [2.05, 4.69) is 27.5 Å². The number of hydrogen-bond donors (Lipinski definition) is 1. The van der Waals surface area contributed by atoms with Gasteiger partial charge in [0, 0.05) is 0 Å². The number of nitrogens with zero attached hydrogens (tertiary/aromatic N) is 3. The van der Waals surface area contributed by atoms with Crippen LogP contribution in [0.25, 0.3) is 0 Å². The van der Waals surface area contributed by atoms with Gasteiger partial charge in [0.05, 0.1) is 18.7 Å². The van der Waals surface area contributed by atoms with Crippen molar-refractivity contribution in [2.24, 2.45) is 0 Å². The van der Waals surface area contributed by atoms with Crippen molar-refractivity contribution in [3.05, 3.63) is 41.5 Å². The molecule has 0 aliphatic rings. The van der Waals surface area contributed by atoms with Crippen molar-refractivity contribution in [3.8, 4) is 5.75 Å². The van der Waals surface area contributed by atoms with Crippen molar-refractivity contribution in [1.29, 1.82) is 0 Å². The van der Waals surface area contributed by atoms with E-state index >= 15 is 0 Å². The lowest BCUT2D eigenvalue weighted by molar-refractivity contribution is 0.242. The van der Waals surface area contributed by atoms with Gasteiger partial charge in [-0.2, -0.15) is 5.10 Å². The number of ether oxygens (including phenoxy) is 1. The smallest absolute Gasteiger partial charge is 0.147 e. The van der Waals surface area contributed by atoms with Crippen LogP contribution in [0.15, 0.2) is 24.3 Å². The fraction of sp³-hybridized carbons (Fsp3) is 0.500. The molecule has 2 aromatic rings. The van der Waals surface area contributed by atoms with Gasteiger partial charge < -0.3 is 10.1 Å². The first-order chi connectivity index (χ1) is 9.99. The maximum atomic E-state index is 5.68. The molecular formula is C16H24N4O. The van der Waals surface area contributed by atoms with Gasteiger partial charge in [-0.3, -0.25) is 0 Å². The molecule has 5 nitrogen and oxygen atoms in total. The summed E-state index contributed by atoms with van der Waals surface area (Å²) in [5.41, 5.74) is 1.21. The molecule has 1 aromatic carbocycles. The zero-order valence-electron chi connectivity index (χ0n) is 13.4. The fourth-order valence-electron chi connectivity index (χ4n) is 2.32. The molecule has 0 saturated carbocycles. The number of hydrogen-bond acceptors (Lipinski definition) is 4. The van der Waals surface area contributed by atoms with Crippen molar-refractivity contribution in [3.63, 3.8) is 0 Å². The second kappa shape index (κ2) is 6.72. The Morgan fingerprint density at radius 1 is 1.19 bits per heavy atom. The van der Waals surface area contributed by atoms with Crippen molar-refractivity contribution < 1.29 is 4.74 Å². The zero-order valence-corrected chi connectivity index (χ0v) is 13.4. The Bertz CT molecular complexity index is 574. The first kappa shape index (κ1) is 15.5. The van der Waals surface area contributed by atoms with Gasteiger partial charge in [0.15, 0.2) is 0 Å². The van der Waals surface area contributed by atoms with Crippen LogP contribution in [0.1, 0.15) is 37.1 Å². The molecule has 0 spiro atoms. The summed E-state index contributed by atoms with van der Waals surface area (Å²) >= 11 is 0. The summed E-state index contributed by atoms with van der Waals surface area (Å²) in [6.45, 7) is 8.70. The maximum Gasteiger partial charge on any atom is 0.147 e. The number of nitrogens with one attached hydrogen (secondary N) is 1. The van der Waals surface area contributed by atoms with Crippen LogP contribution in [0.5, 0.6) is 5.75 Å². The second-order valence-corrected chi connectivity index (χ2v) is 5.47. The first-order valence-electron chi connectivity index (χ1n) is 7.31. The summed E-state index contributed by atoms with van der Waals surface area (Å²) in [5, 5.41) is 7.76. The molecule has 0 amide bonds. The average Bonchev–Trinajstić information content (AvgIpc) is 2.74. The van der Waals surface area contributed by atoms with Gasteiger partial charge in [-0.15, -0.1) is 0 Å². The van der Waals surface area contributed by atoms with E-state index in [1.807, 2.05) is 51.6 Å². The average molecular weight is 288 g/mol. The summed E-state index contributed by atoms with van der Waals surface area (Å²) in [6, 6.07) is 8.41. The number of benzene rings is 1. The summed E-state index contributed by atoms with van der Waals surface area (Å²) in [4.78, 5) is 4.34. The molecule has 5 heteroatoms. The molecule has 114 valence electrons. The van der Waals surface area contributed by atoms with Crippen molar-refractivity contribution >= 4 is 0 Å². The first-order valence-corrected chi connectivity index (χ1v) is 7.31. The van der Waals surface area contributed by atoms with Crippen LogP contribution in [-0.2, 0) is 6.54 Å². The third-order valence-corrected chi connectivity index (χ3v) is 3.32. The standard InChI is InChI=1S/C16H24N4O/c1-11(2)21-15-8-6-14(7-9-15)16(17-5)10-20-13(4)18-12(3)19-20/h6-9,11,16-17H,10H2,1-5H3. The summed E-state index contributed by atoms with van der Waals surface area (Å²) in [6.07, 6.45) is 0.191. The van der Waals surface area contributed by atoms with E-state index in [0.717, 1.165) is 23.9 Å². The molecule has 1 unspecified atom stereocenters. The van der Waals surface area contributed by atoms with Crippen LogP contribution >= 0.6 is 0 Å². The van der Waals surface area contributed by atoms with E-state index in [1.54, 1.807) is 0 Å². The molecule has 1 aromatic heterocycles. The topological polar surface area (TPSA) is 52.0 Å². The zero-order chi connectivity index (χ0) is 15.4. The van der Waals surface area contributed by atoms with E-state index in [9.17, 15) is 0 Å². The Kier molecular flexibility index (Phi) is 4.96. The number of rotatable bonds is 6. The molecule has 1 atom stereocenters. The van der Waals surface area contributed by atoms with Crippen molar-refractivity contribution in [1.82, 2.24) is 20.1 Å². The summed E-state index contributed by atoms with van der Waals surface area (Å²) in [5.74, 6) is 2.65. The molecule has 1 heterocycles. The molecule has 0 aliphatic heterocycles. The highest BCUT2D eigenvalue weighted by Crippen LogP contribution is 2.20. The molecular weight excluding hydrogens is 264 g/mol. The Labute approximate surface area is 126 Å². The van der Waals surface area contributed by atoms with E-state index in [4.69, 9.17) is 4.74 Å². The van der Waals surface area contributed by atoms with Gasteiger partial charge in [-0.05, 0) is 52.4 Å². The lowest BCUT2D eigenvalue weighted by Gasteiger charge is -2.18. The minimum atomic E-state index is 0.191. The second-order valence-electron chi connectivity index (χ2n) is 5.47. The molecule has 0 bridgehead atoms. The van der Waals surface area contributed by atoms with Crippen molar-refractivity contribution in [2.75, 3.05) is 7.05 Å². The molecule has 0 fully saturated rings. The lowest BCUT2D eigenvalue weighted by atomic mass is 10.1. The lowest BCUT2D eigenvalue weighted by Crippen LogP contribution is -2.23. The molecule has 0 radical (unpaired) electrons. The molecule has 2 rings (SSSR count). The maximum absolute atomic E-state index is 5.68. The molecule has 1 N–H and O–H groups in total. The number of aromatic nitrogens is 3. The van der Waals surface area contributed by atoms with Crippen LogP contribution in [0.2, 0.25) is 0 Å². The van der Waals surface area contributed by atoms with Crippen molar-refractivity contribution in [2.45, 2.75) is 46.4 Å². The summed E-state index contributed by atoms with van der Waals surface area (Å²) in [7, 11) is 1.96. The Morgan fingerprint density at radius 3 is 2.33 bits per heavy atom. The van der Waals surface area contributed by atoms with Crippen LogP contribution in [0.3, 0.4) is 0 Å². The van der Waals surface area contributed by atoms with Gasteiger partial charge >= 0.3 is 0 Å². The SMILES string of the molecule is CNC(Cn1nc(C)nc1C)c1ccc(OC(C)C)cc1. The molecule has 21 heavy (non-hydrogen) atoms. The normalized spacial score (nSPS) is 12.7. The van der Waals surface area contributed by atoms with Gasteiger partial charge in [0.25, 0.3) is 0 Å². The monoisotopic (exact) mass is 288 g/mol. The highest BCUT2D eigenvalue weighted by atomic mass is 16.5. The van der Waals surface area contributed by atoms with E-state index < -0.39 is 0 Å². The highest BCUT2D eigenvalue weighted by molar-refractivity contribution is 5.29. The van der Waals surface area contributed by atoms with Gasteiger partial charge in [0.1, 0.15) is 17.4 Å². The number of aryl methyl sites for hydroxylation is 2. The van der Waals surface area contributed by atoms with Crippen LogP contribution in [0.4, 0.5) is 0 Å². The quantitative estimate of drug-likeness (QED) is 0.888. The predicted molar refractivity (Wildman–Crippen MR) is 83.5 cm³/mol. The third-order valence-electron chi connectivity index (χ3n) is 3.32. The van der Waals surface area contributed by atoms with E-state index in [1.165, 1.54) is 5.56 Å². The molecule has 0 aliphatic carbocycles. The fourth-order valence-corrected chi connectivity index (χ4v) is 2.32. The van der Waals surface area contributed by atoms with Crippen LogP contribution < -0.4 is 10.1 Å². The minimum absolute atomic E-state index is 0.191.